The summed E-state index contributed by atoms with van der Waals surface area (Å²) in [5.41, 5.74) is -1.81. The van der Waals surface area contributed by atoms with Gasteiger partial charge in [0.2, 0.25) is 0 Å². The Morgan fingerprint density at radius 3 is 1.93 bits per heavy atom. The zero-order valence-electron chi connectivity index (χ0n) is 7.95. The van der Waals surface area contributed by atoms with E-state index < -0.39 is 17.4 Å². The number of hydrogen-bond donors (Lipinski definition) is 0. The Kier molecular flexibility index (Phi) is 3.10. The second-order valence-corrected chi connectivity index (χ2v) is 3.59. The third-order valence-corrected chi connectivity index (χ3v) is 2.90. The lowest BCUT2D eigenvalue weighted by Crippen LogP contribution is -2.55. The molecule has 0 radical (unpaired) electrons. The molecule has 1 aliphatic rings. The minimum absolute atomic E-state index is 0.0240. The van der Waals surface area contributed by atoms with Crippen molar-refractivity contribution in [1.82, 2.24) is 0 Å². The largest absolute Gasteiger partial charge is 0.549 e. The number of carboxylic acids is 2. The number of carboxylic acid groups (broad SMARTS) is 2. The van der Waals surface area contributed by atoms with Crippen LogP contribution in [0, 0.1) is 5.41 Å². The van der Waals surface area contributed by atoms with Crippen molar-refractivity contribution in [1.29, 1.82) is 0 Å². The van der Waals surface area contributed by atoms with E-state index in [9.17, 15) is 19.8 Å². The van der Waals surface area contributed by atoms with E-state index in [4.69, 9.17) is 4.74 Å². The molecule has 1 fully saturated rings. The highest BCUT2D eigenvalue weighted by Crippen LogP contribution is 2.36. The predicted octanol–water partition coefficient (Wildman–Crippen LogP) is -1.94. The van der Waals surface area contributed by atoms with Gasteiger partial charge in [-0.25, -0.2) is 0 Å². The van der Waals surface area contributed by atoms with Gasteiger partial charge in [0.15, 0.2) is 0 Å². The van der Waals surface area contributed by atoms with Crippen LogP contribution in [0.25, 0.3) is 0 Å². The maximum Gasteiger partial charge on any atom is 0.0572 e. The molecule has 14 heavy (non-hydrogen) atoms. The van der Waals surface area contributed by atoms with Crippen LogP contribution in [0.3, 0.4) is 0 Å². The van der Waals surface area contributed by atoms with Gasteiger partial charge in [-0.15, -0.1) is 0 Å². The number of methoxy groups -OCH3 is 1. The molecular formula is C9H12O5-2. The molecule has 80 valence electrons. The van der Waals surface area contributed by atoms with Crippen LogP contribution in [-0.2, 0) is 14.3 Å². The van der Waals surface area contributed by atoms with Crippen LogP contribution in [0.1, 0.15) is 25.7 Å². The number of carbonyl (C=O) groups excluding carboxylic acids is 2. The molecule has 0 aromatic rings. The van der Waals surface area contributed by atoms with Gasteiger partial charge in [-0.1, -0.05) is 0 Å². The standard InChI is InChI=1S/C9H14O5/c1-14-6-2-4-9(5-3-6,7(10)11)8(12)13/h6H,2-5H2,1H3,(H,10,11)(H,12,13)/p-2. The van der Waals surface area contributed by atoms with E-state index in [0.717, 1.165) is 0 Å². The van der Waals surface area contributed by atoms with Crippen molar-refractivity contribution in [3.8, 4) is 0 Å². The molecule has 0 aliphatic heterocycles. The topological polar surface area (TPSA) is 89.5 Å². The number of carbonyl (C=O) groups is 2. The van der Waals surface area contributed by atoms with Crippen LogP contribution in [0.2, 0.25) is 0 Å². The highest BCUT2D eigenvalue weighted by molar-refractivity contribution is 5.96. The molecule has 0 aromatic carbocycles. The van der Waals surface area contributed by atoms with Crippen LogP contribution in [-0.4, -0.2) is 25.2 Å². The first-order chi connectivity index (χ1) is 6.53. The second-order valence-electron chi connectivity index (χ2n) is 3.59. The van der Waals surface area contributed by atoms with Crippen molar-refractivity contribution in [3.63, 3.8) is 0 Å². The van der Waals surface area contributed by atoms with E-state index >= 15 is 0 Å². The number of ether oxygens (including phenoxy) is 1. The molecule has 0 unspecified atom stereocenters. The predicted molar refractivity (Wildman–Crippen MR) is 41.7 cm³/mol. The Bertz CT molecular complexity index is 224. The third kappa shape index (κ3) is 1.72. The summed E-state index contributed by atoms with van der Waals surface area (Å²) in [6.07, 6.45) is 0.824. The van der Waals surface area contributed by atoms with E-state index in [-0.39, 0.29) is 18.9 Å². The molecule has 0 heterocycles. The van der Waals surface area contributed by atoms with Crippen molar-refractivity contribution in [2.75, 3.05) is 7.11 Å². The molecule has 0 spiro atoms. The Morgan fingerprint density at radius 1 is 1.21 bits per heavy atom. The molecule has 5 heteroatoms. The van der Waals surface area contributed by atoms with Crippen LogP contribution in [0.15, 0.2) is 0 Å². The van der Waals surface area contributed by atoms with Crippen LogP contribution >= 0.6 is 0 Å². The van der Waals surface area contributed by atoms with Gasteiger partial charge in [-0.2, -0.15) is 0 Å². The van der Waals surface area contributed by atoms with Crippen molar-refractivity contribution >= 4 is 11.9 Å². The van der Waals surface area contributed by atoms with Gasteiger partial charge in [0.1, 0.15) is 0 Å². The molecular weight excluding hydrogens is 188 g/mol. The molecule has 0 amide bonds. The highest BCUT2D eigenvalue weighted by Gasteiger charge is 2.38. The van der Waals surface area contributed by atoms with E-state index in [0.29, 0.717) is 12.8 Å². The molecule has 5 nitrogen and oxygen atoms in total. The molecule has 1 rings (SSSR count). The second kappa shape index (κ2) is 3.96. The minimum atomic E-state index is -1.81. The van der Waals surface area contributed by atoms with E-state index in [1.807, 2.05) is 0 Å². The Hall–Kier alpha value is -1.10. The lowest BCUT2D eigenvalue weighted by Gasteiger charge is -2.41. The summed E-state index contributed by atoms with van der Waals surface area (Å²) in [6.45, 7) is 0. The van der Waals surface area contributed by atoms with Crippen LogP contribution < -0.4 is 10.2 Å². The summed E-state index contributed by atoms with van der Waals surface area (Å²) >= 11 is 0. The van der Waals surface area contributed by atoms with Crippen molar-refractivity contribution < 1.29 is 24.5 Å². The summed E-state index contributed by atoms with van der Waals surface area (Å²) in [6, 6.07) is 0. The van der Waals surface area contributed by atoms with Gasteiger partial charge in [0.25, 0.3) is 0 Å². The van der Waals surface area contributed by atoms with Crippen LogP contribution in [0.4, 0.5) is 0 Å². The number of hydrogen-bond acceptors (Lipinski definition) is 5. The number of aliphatic carboxylic acids is 2. The first-order valence-electron chi connectivity index (χ1n) is 4.48. The van der Waals surface area contributed by atoms with Gasteiger partial charge < -0.3 is 24.5 Å². The molecule has 0 N–H and O–H groups in total. The Balaban J connectivity index is 2.75. The SMILES string of the molecule is COC1CCC(C(=O)[O-])(C(=O)[O-])CC1. The Morgan fingerprint density at radius 2 is 1.64 bits per heavy atom. The first-order valence-corrected chi connectivity index (χ1v) is 4.48. The zero-order chi connectivity index (χ0) is 10.8. The summed E-state index contributed by atoms with van der Waals surface area (Å²) in [5.74, 6) is -3.10. The average molecular weight is 200 g/mol. The molecule has 0 saturated heterocycles. The Labute approximate surface area is 81.7 Å². The summed E-state index contributed by atoms with van der Waals surface area (Å²) < 4.78 is 5.02. The minimum Gasteiger partial charge on any atom is -0.549 e. The fraction of sp³-hybridized carbons (Fsp3) is 0.778. The third-order valence-electron chi connectivity index (χ3n) is 2.90. The van der Waals surface area contributed by atoms with Gasteiger partial charge >= 0.3 is 0 Å². The molecule has 0 atom stereocenters. The van der Waals surface area contributed by atoms with Gasteiger partial charge in [-0.3, -0.25) is 0 Å². The summed E-state index contributed by atoms with van der Waals surface area (Å²) in [7, 11) is 1.52. The summed E-state index contributed by atoms with van der Waals surface area (Å²) in [4.78, 5) is 21.5. The lowest BCUT2D eigenvalue weighted by molar-refractivity contribution is -0.345. The summed E-state index contributed by atoms with van der Waals surface area (Å²) in [5, 5.41) is 21.5. The van der Waals surface area contributed by atoms with E-state index in [1.54, 1.807) is 0 Å². The quantitative estimate of drug-likeness (QED) is 0.494. The zero-order valence-corrected chi connectivity index (χ0v) is 7.95. The monoisotopic (exact) mass is 200 g/mol. The normalized spacial score (nSPS) is 21.8. The molecule has 1 saturated carbocycles. The fourth-order valence-corrected chi connectivity index (χ4v) is 1.81. The highest BCUT2D eigenvalue weighted by atomic mass is 16.5. The van der Waals surface area contributed by atoms with E-state index in [1.165, 1.54) is 7.11 Å². The van der Waals surface area contributed by atoms with Gasteiger partial charge in [0, 0.05) is 12.5 Å². The average Bonchev–Trinajstić information content (AvgIpc) is 2.17. The van der Waals surface area contributed by atoms with Crippen molar-refractivity contribution in [2.45, 2.75) is 31.8 Å². The molecule has 0 bridgehead atoms. The van der Waals surface area contributed by atoms with Crippen LogP contribution in [0.5, 0.6) is 0 Å². The van der Waals surface area contributed by atoms with E-state index in [2.05, 4.69) is 0 Å². The molecule has 0 aromatic heterocycles. The molecule has 1 aliphatic carbocycles. The fourth-order valence-electron chi connectivity index (χ4n) is 1.81. The van der Waals surface area contributed by atoms with Gasteiger partial charge in [-0.05, 0) is 25.7 Å². The number of rotatable bonds is 3. The van der Waals surface area contributed by atoms with Gasteiger partial charge in [0.05, 0.1) is 18.0 Å². The van der Waals surface area contributed by atoms with Crippen molar-refractivity contribution in [2.24, 2.45) is 5.41 Å². The maximum absolute atomic E-state index is 10.7. The first kappa shape index (κ1) is 11.0. The smallest absolute Gasteiger partial charge is 0.0572 e. The lowest BCUT2D eigenvalue weighted by atomic mass is 9.73. The maximum atomic E-state index is 10.7. The van der Waals surface area contributed by atoms with Crippen molar-refractivity contribution in [3.05, 3.63) is 0 Å².